The van der Waals surface area contributed by atoms with Gasteiger partial charge in [0.25, 0.3) is 5.56 Å². The van der Waals surface area contributed by atoms with Crippen LogP contribution in [0.5, 0.6) is 11.5 Å². The second kappa shape index (κ2) is 8.48. The number of methoxy groups -OCH3 is 2. The van der Waals surface area contributed by atoms with Gasteiger partial charge in [0.2, 0.25) is 0 Å². The highest BCUT2D eigenvalue weighted by Crippen LogP contribution is 2.28. The zero-order valence-electron chi connectivity index (χ0n) is 18.1. The van der Waals surface area contributed by atoms with Crippen molar-refractivity contribution in [1.82, 2.24) is 14.9 Å². The van der Waals surface area contributed by atoms with Crippen molar-refractivity contribution < 1.29 is 9.47 Å². The summed E-state index contributed by atoms with van der Waals surface area (Å²) in [6.07, 6.45) is 2.67. The highest BCUT2D eigenvalue weighted by Gasteiger charge is 2.26. The predicted molar refractivity (Wildman–Crippen MR) is 119 cm³/mol. The molecular weight excluding hydrogens is 378 g/mol. The molecular formula is C24H29N3O3. The van der Waals surface area contributed by atoms with E-state index in [1.54, 1.807) is 14.2 Å². The quantitative estimate of drug-likeness (QED) is 0.676. The lowest BCUT2D eigenvalue weighted by Gasteiger charge is -2.25. The summed E-state index contributed by atoms with van der Waals surface area (Å²) in [7, 11) is 3.30. The topological polar surface area (TPSA) is 65.4 Å². The number of aryl methyl sites for hydroxylation is 1. The fourth-order valence-corrected chi connectivity index (χ4v) is 4.40. The molecule has 6 heteroatoms. The fourth-order valence-electron chi connectivity index (χ4n) is 4.40. The van der Waals surface area contributed by atoms with E-state index in [1.165, 1.54) is 0 Å². The molecule has 0 saturated carbocycles. The Morgan fingerprint density at radius 3 is 2.73 bits per heavy atom. The molecule has 158 valence electrons. The van der Waals surface area contributed by atoms with Crippen molar-refractivity contribution >= 4 is 10.9 Å². The minimum atomic E-state index is 0.00372. The van der Waals surface area contributed by atoms with E-state index in [9.17, 15) is 4.79 Å². The summed E-state index contributed by atoms with van der Waals surface area (Å²) >= 11 is 0. The molecule has 0 bridgehead atoms. The van der Waals surface area contributed by atoms with Crippen LogP contribution in [0.2, 0.25) is 0 Å². The molecule has 4 rings (SSSR count). The number of rotatable bonds is 6. The number of nitrogens with one attached hydrogen (secondary N) is 1. The van der Waals surface area contributed by atoms with Crippen molar-refractivity contribution in [3.8, 4) is 11.5 Å². The highest BCUT2D eigenvalue weighted by atomic mass is 16.5. The number of hydrogen-bond donors (Lipinski definition) is 1. The first kappa shape index (κ1) is 20.4. The number of fused-ring (bicyclic) bond motifs is 1. The summed E-state index contributed by atoms with van der Waals surface area (Å²) in [4.78, 5) is 18.5. The van der Waals surface area contributed by atoms with Gasteiger partial charge >= 0.3 is 0 Å². The van der Waals surface area contributed by atoms with Gasteiger partial charge in [0.05, 0.1) is 31.2 Å². The Morgan fingerprint density at radius 1 is 1.20 bits per heavy atom. The Bertz CT molecular complexity index is 1120. The van der Waals surface area contributed by atoms with Crippen LogP contribution in [0.1, 0.15) is 42.8 Å². The number of benzene rings is 2. The van der Waals surface area contributed by atoms with Crippen LogP contribution < -0.4 is 20.3 Å². The predicted octanol–water partition coefficient (Wildman–Crippen LogP) is 3.63. The van der Waals surface area contributed by atoms with E-state index in [0.717, 1.165) is 53.4 Å². The maximum atomic E-state index is 13.6. The summed E-state index contributed by atoms with van der Waals surface area (Å²) in [5.41, 5.74) is 2.74. The van der Waals surface area contributed by atoms with E-state index in [4.69, 9.17) is 14.5 Å². The molecule has 1 N–H and O–H groups in total. The van der Waals surface area contributed by atoms with Gasteiger partial charge in [0, 0.05) is 18.0 Å². The standard InChI is InChI=1S/C24H29N3O3/c1-15-7-9-21-19(12-15)24(28)27(16(2)20-6-5-11-25-20)23(26-21)14-17-13-18(29-3)8-10-22(17)30-4/h7-10,12-13,16,20,25H,5-6,11,14H2,1-4H3. The van der Waals surface area contributed by atoms with Crippen LogP contribution in [0.25, 0.3) is 10.9 Å². The number of aromatic nitrogens is 2. The summed E-state index contributed by atoms with van der Waals surface area (Å²) in [6.45, 7) is 5.10. The Hall–Kier alpha value is -2.86. The molecule has 2 heterocycles. The van der Waals surface area contributed by atoms with E-state index in [1.807, 2.05) is 47.9 Å². The third kappa shape index (κ3) is 3.79. The third-order valence-corrected chi connectivity index (χ3v) is 6.05. The van der Waals surface area contributed by atoms with Crippen molar-refractivity contribution in [2.45, 2.75) is 45.2 Å². The molecule has 0 radical (unpaired) electrons. The zero-order valence-corrected chi connectivity index (χ0v) is 18.1. The largest absolute Gasteiger partial charge is 0.497 e. The Morgan fingerprint density at radius 2 is 2.03 bits per heavy atom. The van der Waals surface area contributed by atoms with E-state index in [2.05, 4.69) is 12.2 Å². The minimum Gasteiger partial charge on any atom is -0.497 e. The smallest absolute Gasteiger partial charge is 0.261 e. The average molecular weight is 408 g/mol. The Labute approximate surface area is 176 Å². The van der Waals surface area contributed by atoms with E-state index in [0.29, 0.717) is 11.8 Å². The summed E-state index contributed by atoms with van der Waals surface area (Å²) in [5, 5.41) is 4.21. The fraction of sp³-hybridized carbons (Fsp3) is 0.417. The minimum absolute atomic E-state index is 0.00372. The van der Waals surface area contributed by atoms with E-state index < -0.39 is 0 Å². The molecule has 0 aliphatic carbocycles. The first-order valence-corrected chi connectivity index (χ1v) is 10.5. The second-order valence-corrected chi connectivity index (χ2v) is 8.02. The van der Waals surface area contributed by atoms with Crippen molar-refractivity contribution in [1.29, 1.82) is 0 Å². The average Bonchev–Trinajstić information content (AvgIpc) is 3.29. The van der Waals surface area contributed by atoms with Crippen LogP contribution in [0.4, 0.5) is 0 Å². The molecule has 3 aromatic rings. The first-order valence-electron chi connectivity index (χ1n) is 10.5. The Kier molecular flexibility index (Phi) is 5.77. The summed E-state index contributed by atoms with van der Waals surface area (Å²) < 4.78 is 12.8. The third-order valence-electron chi connectivity index (χ3n) is 6.05. The first-order chi connectivity index (χ1) is 14.5. The second-order valence-electron chi connectivity index (χ2n) is 8.02. The normalized spacial score (nSPS) is 17.3. The van der Waals surface area contributed by atoms with Crippen LogP contribution in [-0.2, 0) is 6.42 Å². The van der Waals surface area contributed by atoms with Crippen LogP contribution in [-0.4, -0.2) is 36.4 Å². The number of nitrogens with zero attached hydrogens (tertiary/aromatic N) is 2. The molecule has 1 saturated heterocycles. The monoisotopic (exact) mass is 407 g/mol. The molecule has 30 heavy (non-hydrogen) atoms. The van der Waals surface area contributed by atoms with E-state index in [-0.39, 0.29) is 17.6 Å². The molecule has 2 atom stereocenters. The van der Waals surface area contributed by atoms with Gasteiger partial charge < -0.3 is 14.8 Å². The number of hydrogen-bond acceptors (Lipinski definition) is 5. The lowest BCUT2D eigenvalue weighted by Crippen LogP contribution is -2.38. The molecule has 6 nitrogen and oxygen atoms in total. The van der Waals surface area contributed by atoms with E-state index >= 15 is 0 Å². The maximum Gasteiger partial charge on any atom is 0.261 e. The maximum absolute atomic E-state index is 13.6. The van der Waals surface area contributed by atoms with Gasteiger partial charge in [-0.05, 0) is 63.6 Å². The van der Waals surface area contributed by atoms with Crippen molar-refractivity contribution in [3.63, 3.8) is 0 Å². The van der Waals surface area contributed by atoms with Gasteiger partial charge in [-0.3, -0.25) is 9.36 Å². The van der Waals surface area contributed by atoms with Gasteiger partial charge in [0.1, 0.15) is 17.3 Å². The molecule has 1 aromatic heterocycles. The molecule has 1 aliphatic rings. The Balaban J connectivity index is 1.88. The summed E-state index contributed by atoms with van der Waals surface area (Å²) in [5.74, 6) is 2.25. The molecule has 2 unspecified atom stereocenters. The van der Waals surface area contributed by atoms with Gasteiger partial charge in [-0.25, -0.2) is 4.98 Å². The zero-order chi connectivity index (χ0) is 21.3. The van der Waals surface area contributed by atoms with Crippen molar-refractivity contribution in [2.75, 3.05) is 20.8 Å². The lowest BCUT2D eigenvalue weighted by molar-refractivity contribution is 0.385. The van der Waals surface area contributed by atoms with Gasteiger partial charge in [-0.15, -0.1) is 0 Å². The van der Waals surface area contributed by atoms with Gasteiger partial charge in [-0.2, -0.15) is 0 Å². The van der Waals surface area contributed by atoms with Crippen molar-refractivity contribution in [3.05, 3.63) is 63.7 Å². The van der Waals surface area contributed by atoms with Gasteiger partial charge in [0.15, 0.2) is 0 Å². The van der Waals surface area contributed by atoms with Crippen LogP contribution in [0, 0.1) is 6.92 Å². The van der Waals surface area contributed by atoms with Crippen LogP contribution in [0.15, 0.2) is 41.2 Å². The SMILES string of the molecule is COc1ccc(OC)c(Cc2nc3ccc(C)cc3c(=O)n2C(C)C2CCCN2)c1. The van der Waals surface area contributed by atoms with Crippen LogP contribution >= 0.6 is 0 Å². The number of ether oxygens (including phenoxy) is 2. The van der Waals surface area contributed by atoms with Gasteiger partial charge in [-0.1, -0.05) is 11.6 Å². The van der Waals surface area contributed by atoms with Crippen LogP contribution in [0.3, 0.4) is 0 Å². The molecule has 0 amide bonds. The lowest BCUT2D eigenvalue weighted by atomic mass is 10.0. The molecule has 2 aromatic carbocycles. The van der Waals surface area contributed by atoms with Crippen molar-refractivity contribution in [2.24, 2.45) is 0 Å². The molecule has 1 fully saturated rings. The summed E-state index contributed by atoms with van der Waals surface area (Å²) in [6, 6.07) is 11.8. The molecule has 1 aliphatic heterocycles. The highest BCUT2D eigenvalue weighted by molar-refractivity contribution is 5.78. The molecule has 0 spiro atoms.